The lowest BCUT2D eigenvalue weighted by molar-refractivity contribution is -0.121. The van der Waals surface area contributed by atoms with Crippen LogP contribution in [0.2, 0.25) is 0 Å². The van der Waals surface area contributed by atoms with Gasteiger partial charge in [0.2, 0.25) is 5.91 Å². The lowest BCUT2D eigenvalue weighted by atomic mass is 10.2. The van der Waals surface area contributed by atoms with Crippen molar-refractivity contribution in [2.45, 2.75) is 25.8 Å². The monoisotopic (exact) mass is 355 g/mol. The van der Waals surface area contributed by atoms with Crippen molar-refractivity contribution in [1.29, 1.82) is 0 Å². The van der Waals surface area contributed by atoms with E-state index in [2.05, 4.69) is 27.3 Å². The zero-order chi connectivity index (χ0) is 14.4. The molecule has 106 valence electrons. The normalized spacial score (nSPS) is 10.5. The summed E-state index contributed by atoms with van der Waals surface area (Å²) in [5, 5.41) is 2.75. The summed E-state index contributed by atoms with van der Waals surface area (Å²) >= 11 is 5.10. The molecule has 20 heavy (non-hydrogen) atoms. The Morgan fingerprint density at radius 2 is 2.05 bits per heavy atom. The van der Waals surface area contributed by atoms with E-state index >= 15 is 0 Å². The van der Waals surface area contributed by atoms with Crippen LogP contribution in [-0.4, -0.2) is 5.91 Å². The molecule has 0 aliphatic heterocycles. The molecule has 1 N–H and O–H groups in total. The first kappa shape index (κ1) is 15.2. The van der Waals surface area contributed by atoms with Gasteiger partial charge in [-0.1, -0.05) is 18.2 Å². The van der Waals surface area contributed by atoms with Crippen LogP contribution in [0.5, 0.6) is 0 Å². The second-order valence-corrected chi connectivity index (χ2v) is 6.98. The van der Waals surface area contributed by atoms with Crippen LogP contribution in [0, 0.1) is 5.82 Å². The van der Waals surface area contributed by atoms with Crippen molar-refractivity contribution in [2.24, 2.45) is 0 Å². The summed E-state index contributed by atoms with van der Waals surface area (Å²) in [4.78, 5) is 12.9. The van der Waals surface area contributed by atoms with Gasteiger partial charge in [0.25, 0.3) is 0 Å². The second kappa shape index (κ2) is 7.55. The molecule has 0 atom stereocenters. The zero-order valence-corrected chi connectivity index (χ0v) is 13.3. The Kier molecular flexibility index (Phi) is 5.73. The molecule has 0 saturated heterocycles. The topological polar surface area (TPSA) is 29.1 Å². The second-order valence-electron chi connectivity index (χ2n) is 4.43. The summed E-state index contributed by atoms with van der Waals surface area (Å²) in [6.45, 7) is 0.246. The molecule has 0 unspecified atom stereocenters. The van der Waals surface area contributed by atoms with Gasteiger partial charge in [0.05, 0.1) is 3.79 Å². The lowest BCUT2D eigenvalue weighted by Gasteiger charge is -2.06. The van der Waals surface area contributed by atoms with Crippen LogP contribution in [-0.2, 0) is 17.8 Å². The van der Waals surface area contributed by atoms with Crippen molar-refractivity contribution in [3.05, 3.63) is 56.4 Å². The van der Waals surface area contributed by atoms with Crippen molar-refractivity contribution in [3.8, 4) is 0 Å². The fourth-order valence-corrected chi connectivity index (χ4v) is 3.36. The highest BCUT2D eigenvalue weighted by Crippen LogP contribution is 2.23. The molecule has 0 spiro atoms. The summed E-state index contributed by atoms with van der Waals surface area (Å²) in [5.41, 5.74) is 0.517. The Labute approximate surface area is 130 Å². The number of hydrogen-bond acceptors (Lipinski definition) is 2. The Bertz CT molecular complexity index is 585. The first-order valence-electron chi connectivity index (χ1n) is 6.39. The third-order valence-electron chi connectivity index (χ3n) is 2.89. The Balaban J connectivity index is 1.69. The minimum Gasteiger partial charge on any atom is -0.352 e. The molecule has 2 nitrogen and oxygen atoms in total. The van der Waals surface area contributed by atoms with Crippen LogP contribution < -0.4 is 5.32 Å². The molecule has 0 fully saturated rings. The van der Waals surface area contributed by atoms with Crippen LogP contribution in [0.4, 0.5) is 4.39 Å². The molecule has 1 aromatic heterocycles. The standard InChI is InChI=1S/C15H15BrFNOS/c16-14-9-8-12(20-14)5-3-7-15(19)18-10-11-4-1-2-6-13(11)17/h1-2,4,6,8-9H,3,5,7,10H2,(H,18,19). The van der Waals surface area contributed by atoms with Gasteiger partial charge < -0.3 is 5.32 Å². The van der Waals surface area contributed by atoms with Crippen LogP contribution in [0.3, 0.4) is 0 Å². The van der Waals surface area contributed by atoms with E-state index in [4.69, 9.17) is 0 Å². The maximum Gasteiger partial charge on any atom is 0.220 e. The van der Waals surface area contributed by atoms with Crippen LogP contribution in [0.25, 0.3) is 0 Å². The highest BCUT2D eigenvalue weighted by molar-refractivity contribution is 9.11. The fraction of sp³-hybridized carbons (Fsp3) is 0.267. The van der Waals surface area contributed by atoms with E-state index in [1.807, 2.05) is 6.07 Å². The third kappa shape index (κ3) is 4.72. The molecule has 1 aromatic carbocycles. The largest absolute Gasteiger partial charge is 0.352 e. The van der Waals surface area contributed by atoms with Gasteiger partial charge in [0.1, 0.15) is 5.82 Å². The van der Waals surface area contributed by atoms with E-state index in [1.165, 1.54) is 10.9 Å². The highest BCUT2D eigenvalue weighted by atomic mass is 79.9. The lowest BCUT2D eigenvalue weighted by Crippen LogP contribution is -2.23. The number of nitrogens with one attached hydrogen (secondary N) is 1. The average molecular weight is 356 g/mol. The van der Waals surface area contributed by atoms with E-state index in [1.54, 1.807) is 29.5 Å². The average Bonchev–Trinajstić information content (AvgIpc) is 2.83. The number of carbonyl (C=O) groups excluding carboxylic acids is 1. The van der Waals surface area contributed by atoms with Gasteiger partial charge in [-0.2, -0.15) is 0 Å². The molecule has 0 radical (unpaired) electrons. The Hall–Kier alpha value is -1.20. The van der Waals surface area contributed by atoms with Crippen LogP contribution >= 0.6 is 27.3 Å². The van der Waals surface area contributed by atoms with Crippen LogP contribution in [0.15, 0.2) is 40.2 Å². The van der Waals surface area contributed by atoms with Crippen LogP contribution in [0.1, 0.15) is 23.3 Å². The number of rotatable bonds is 6. The van der Waals surface area contributed by atoms with Gasteiger partial charge in [0, 0.05) is 23.4 Å². The highest BCUT2D eigenvalue weighted by Gasteiger charge is 2.05. The van der Waals surface area contributed by atoms with Gasteiger partial charge in [-0.15, -0.1) is 11.3 Å². The number of aryl methyl sites for hydroxylation is 1. The van der Waals surface area contributed by atoms with E-state index in [9.17, 15) is 9.18 Å². The number of carbonyl (C=O) groups is 1. The molecular formula is C15H15BrFNOS. The quantitative estimate of drug-likeness (QED) is 0.822. The summed E-state index contributed by atoms with van der Waals surface area (Å²) in [7, 11) is 0. The van der Waals surface area contributed by atoms with Crippen molar-refractivity contribution < 1.29 is 9.18 Å². The summed E-state index contributed by atoms with van der Waals surface area (Å²) in [5.74, 6) is -0.319. The first-order chi connectivity index (χ1) is 9.65. The maximum atomic E-state index is 13.4. The molecule has 0 aliphatic rings. The summed E-state index contributed by atoms with van der Waals surface area (Å²) in [6, 6.07) is 10.6. The van der Waals surface area contributed by atoms with E-state index in [0.717, 1.165) is 16.6 Å². The summed E-state index contributed by atoms with van der Waals surface area (Å²) in [6.07, 6.45) is 2.16. The Morgan fingerprint density at radius 3 is 2.75 bits per heavy atom. The number of halogens is 2. The smallest absolute Gasteiger partial charge is 0.220 e. The minimum atomic E-state index is -0.281. The van der Waals surface area contributed by atoms with Crippen molar-refractivity contribution in [1.82, 2.24) is 5.32 Å². The predicted molar refractivity (Wildman–Crippen MR) is 83.2 cm³/mol. The zero-order valence-electron chi connectivity index (χ0n) is 10.9. The number of benzene rings is 1. The van der Waals surface area contributed by atoms with E-state index in [0.29, 0.717) is 12.0 Å². The maximum absolute atomic E-state index is 13.4. The molecule has 1 amide bonds. The predicted octanol–water partition coefficient (Wildman–Crippen LogP) is 4.29. The number of amides is 1. The summed E-state index contributed by atoms with van der Waals surface area (Å²) < 4.78 is 14.5. The molecular weight excluding hydrogens is 341 g/mol. The van der Waals surface area contributed by atoms with Gasteiger partial charge >= 0.3 is 0 Å². The Morgan fingerprint density at radius 1 is 1.25 bits per heavy atom. The van der Waals surface area contributed by atoms with Crippen molar-refractivity contribution in [2.75, 3.05) is 0 Å². The van der Waals surface area contributed by atoms with Gasteiger partial charge in [-0.25, -0.2) is 4.39 Å². The third-order valence-corrected chi connectivity index (χ3v) is 4.57. The fourth-order valence-electron chi connectivity index (χ4n) is 1.83. The minimum absolute atomic E-state index is 0.0381. The molecule has 5 heteroatoms. The van der Waals surface area contributed by atoms with Gasteiger partial charge in [-0.3, -0.25) is 4.79 Å². The van der Waals surface area contributed by atoms with Crippen molar-refractivity contribution in [3.63, 3.8) is 0 Å². The molecule has 2 aromatic rings. The van der Waals surface area contributed by atoms with E-state index in [-0.39, 0.29) is 18.3 Å². The first-order valence-corrected chi connectivity index (χ1v) is 8.00. The molecule has 1 heterocycles. The van der Waals surface area contributed by atoms with E-state index < -0.39 is 0 Å². The SMILES string of the molecule is O=C(CCCc1ccc(Br)s1)NCc1ccccc1F. The van der Waals surface area contributed by atoms with Crippen molar-refractivity contribution >= 4 is 33.2 Å². The number of thiophene rings is 1. The van der Waals surface area contributed by atoms with Gasteiger partial charge in [-0.05, 0) is 47.0 Å². The number of hydrogen-bond donors (Lipinski definition) is 1. The molecule has 0 saturated carbocycles. The van der Waals surface area contributed by atoms with Gasteiger partial charge in [0.15, 0.2) is 0 Å². The molecule has 0 aliphatic carbocycles. The molecule has 0 bridgehead atoms. The molecule has 2 rings (SSSR count).